The van der Waals surface area contributed by atoms with E-state index in [1.807, 2.05) is 59.6 Å². The van der Waals surface area contributed by atoms with Gasteiger partial charge in [-0.2, -0.15) is 0 Å². The van der Waals surface area contributed by atoms with Gasteiger partial charge in [-0.1, -0.05) is 48.5 Å². The summed E-state index contributed by atoms with van der Waals surface area (Å²) in [4.78, 5) is 23.1. The molecule has 1 saturated heterocycles. The molecule has 0 spiro atoms. The van der Waals surface area contributed by atoms with Crippen molar-refractivity contribution >= 4 is 12.0 Å². The molecule has 0 unspecified atom stereocenters. The lowest BCUT2D eigenvalue weighted by molar-refractivity contribution is -0.128. The number of nitrogens with zero attached hydrogens (tertiary/aromatic N) is 2. The summed E-state index contributed by atoms with van der Waals surface area (Å²) < 4.78 is 5.78. The fourth-order valence-electron chi connectivity index (χ4n) is 3.99. The first-order chi connectivity index (χ1) is 13.8. The molecule has 1 fully saturated rings. The summed E-state index contributed by atoms with van der Waals surface area (Å²) in [5, 5.41) is 0. The topological polar surface area (TPSA) is 58.2 Å². The highest BCUT2D eigenvalue weighted by molar-refractivity contribution is 5.99. The molecule has 1 atom stereocenters. The number of para-hydroxylation sites is 1. The molecule has 5 rings (SSSR count). The van der Waals surface area contributed by atoms with Crippen molar-refractivity contribution in [3.05, 3.63) is 77.8 Å². The SMILES string of the molecule is O=C(C1=Cc2ccccc2OC1)N1CCC[C@H]1c1ncc(-c2ccccc2)[nH]1. The van der Waals surface area contributed by atoms with Gasteiger partial charge in [0.05, 0.1) is 23.5 Å². The lowest BCUT2D eigenvalue weighted by atomic mass is 10.1. The van der Waals surface area contributed by atoms with Crippen LogP contribution in [-0.2, 0) is 4.79 Å². The maximum Gasteiger partial charge on any atom is 0.253 e. The third-order valence-electron chi connectivity index (χ3n) is 5.42. The molecule has 0 aliphatic carbocycles. The molecule has 5 nitrogen and oxygen atoms in total. The van der Waals surface area contributed by atoms with E-state index in [-0.39, 0.29) is 11.9 Å². The second-order valence-electron chi connectivity index (χ2n) is 7.20. The Bertz CT molecular complexity index is 1040. The fraction of sp³-hybridized carbons (Fsp3) is 0.217. The lowest BCUT2D eigenvalue weighted by Crippen LogP contribution is -2.34. The van der Waals surface area contributed by atoms with Gasteiger partial charge in [-0.25, -0.2) is 4.98 Å². The highest BCUT2D eigenvalue weighted by Crippen LogP contribution is 2.34. The molecule has 2 aromatic carbocycles. The number of H-pyrrole nitrogens is 1. The van der Waals surface area contributed by atoms with E-state index in [2.05, 4.69) is 22.1 Å². The summed E-state index contributed by atoms with van der Waals surface area (Å²) >= 11 is 0. The number of hydrogen-bond acceptors (Lipinski definition) is 3. The highest BCUT2D eigenvalue weighted by Gasteiger charge is 2.34. The summed E-state index contributed by atoms with van der Waals surface area (Å²) in [5.41, 5.74) is 3.72. The largest absolute Gasteiger partial charge is 0.488 e. The van der Waals surface area contributed by atoms with E-state index in [1.165, 1.54) is 0 Å². The highest BCUT2D eigenvalue weighted by atomic mass is 16.5. The van der Waals surface area contributed by atoms with Crippen LogP contribution in [0.1, 0.15) is 30.3 Å². The van der Waals surface area contributed by atoms with E-state index < -0.39 is 0 Å². The number of hydrogen-bond donors (Lipinski definition) is 1. The van der Waals surface area contributed by atoms with E-state index >= 15 is 0 Å². The summed E-state index contributed by atoms with van der Waals surface area (Å²) in [5.74, 6) is 1.72. The van der Waals surface area contributed by atoms with Crippen LogP contribution < -0.4 is 4.74 Å². The second-order valence-corrected chi connectivity index (χ2v) is 7.20. The Labute approximate surface area is 163 Å². The van der Waals surface area contributed by atoms with Crippen LogP contribution in [0, 0.1) is 0 Å². The number of nitrogens with one attached hydrogen (secondary N) is 1. The minimum Gasteiger partial charge on any atom is -0.488 e. The van der Waals surface area contributed by atoms with Crippen LogP contribution in [-0.4, -0.2) is 33.9 Å². The number of aromatic amines is 1. The molecule has 0 saturated carbocycles. The lowest BCUT2D eigenvalue weighted by Gasteiger charge is -2.26. The monoisotopic (exact) mass is 371 g/mol. The van der Waals surface area contributed by atoms with Crippen molar-refractivity contribution in [2.24, 2.45) is 0 Å². The minimum absolute atomic E-state index is 0.0250. The molecular weight excluding hydrogens is 350 g/mol. The van der Waals surface area contributed by atoms with Gasteiger partial charge in [-0.15, -0.1) is 0 Å². The van der Waals surface area contributed by atoms with Crippen molar-refractivity contribution in [1.82, 2.24) is 14.9 Å². The standard InChI is InChI=1S/C23H21N3O2/c27-23(18-13-17-9-4-5-11-21(17)28-15-18)26-12-6-10-20(26)22-24-14-19(25-22)16-7-2-1-3-8-16/h1-5,7-9,11,13-14,20H,6,10,12,15H2,(H,24,25)/t20-/m0/s1. The first kappa shape index (κ1) is 16.8. The quantitative estimate of drug-likeness (QED) is 0.750. The molecule has 0 bridgehead atoms. The fourth-order valence-corrected chi connectivity index (χ4v) is 3.99. The van der Waals surface area contributed by atoms with Gasteiger partial charge < -0.3 is 14.6 Å². The maximum absolute atomic E-state index is 13.2. The average Bonchev–Trinajstić information content (AvgIpc) is 3.43. The van der Waals surface area contributed by atoms with E-state index in [9.17, 15) is 4.79 Å². The predicted octanol–water partition coefficient (Wildman–Crippen LogP) is 4.22. The van der Waals surface area contributed by atoms with Gasteiger partial charge in [0.15, 0.2) is 0 Å². The Morgan fingerprint density at radius 3 is 2.82 bits per heavy atom. The summed E-state index contributed by atoms with van der Waals surface area (Å²) in [6.07, 6.45) is 5.69. The van der Waals surface area contributed by atoms with Crippen LogP contribution in [0.5, 0.6) is 5.75 Å². The van der Waals surface area contributed by atoms with Gasteiger partial charge >= 0.3 is 0 Å². The van der Waals surface area contributed by atoms with Crippen molar-refractivity contribution in [3.63, 3.8) is 0 Å². The molecule has 2 aliphatic heterocycles. The summed E-state index contributed by atoms with van der Waals surface area (Å²) in [6.45, 7) is 1.05. The average molecular weight is 371 g/mol. The smallest absolute Gasteiger partial charge is 0.253 e. The minimum atomic E-state index is -0.0250. The first-order valence-electron chi connectivity index (χ1n) is 9.63. The van der Waals surface area contributed by atoms with E-state index in [4.69, 9.17) is 4.74 Å². The normalized spacial score (nSPS) is 18.4. The Morgan fingerprint density at radius 2 is 1.93 bits per heavy atom. The number of carbonyl (C=O) groups is 1. The van der Waals surface area contributed by atoms with Gasteiger partial charge in [0.2, 0.25) is 0 Å². The van der Waals surface area contributed by atoms with Gasteiger partial charge in [0, 0.05) is 12.1 Å². The molecule has 2 aliphatic rings. The Kier molecular flexibility index (Phi) is 4.20. The number of fused-ring (bicyclic) bond motifs is 1. The molecule has 28 heavy (non-hydrogen) atoms. The van der Waals surface area contributed by atoms with Crippen LogP contribution in [0.15, 0.2) is 66.4 Å². The van der Waals surface area contributed by atoms with E-state index in [1.54, 1.807) is 0 Å². The number of ether oxygens (including phenoxy) is 1. The van der Waals surface area contributed by atoms with Crippen molar-refractivity contribution in [2.75, 3.05) is 13.2 Å². The molecule has 1 aromatic heterocycles. The number of amides is 1. The van der Waals surface area contributed by atoms with Crippen LogP contribution in [0.2, 0.25) is 0 Å². The zero-order valence-electron chi connectivity index (χ0n) is 15.5. The molecule has 3 heterocycles. The molecule has 3 aromatic rings. The number of aromatic nitrogens is 2. The van der Waals surface area contributed by atoms with E-state index in [0.29, 0.717) is 12.2 Å². The number of rotatable bonds is 3. The van der Waals surface area contributed by atoms with Crippen LogP contribution >= 0.6 is 0 Å². The zero-order chi connectivity index (χ0) is 18.9. The molecule has 5 heteroatoms. The second kappa shape index (κ2) is 7.00. The molecule has 0 radical (unpaired) electrons. The van der Waals surface area contributed by atoms with Crippen molar-refractivity contribution in [1.29, 1.82) is 0 Å². The van der Waals surface area contributed by atoms with Gasteiger partial charge in [-0.05, 0) is 30.5 Å². The summed E-state index contributed by atoms with van der Waals surface area (Å²) in [7, 11) is 0. The Morgan fingerprint density at radius 1 is 1.11 bits per heavy atom. The Hall–Kier alpha value is -3.34. The third-order valence-corrected chi connectivity index (χ3v) is 5.42. The molecule has 1 N–H and O–H groups in total. The maximum atomic E-state index is 13.2. The van der Waals surface area contributed by atoms with Crippen LogP contribution in [0.3, 0.4) is 0 Å². The first-order valence-corrected chi connectivity index (χ1v) is 9.63. The molecule has 140 valence electrons. The molecule has 1 amide bonds. The summed E-state index contributed by atoms with van der Waals surface area (Å²) in [6, 6.07) is 17.9. The van der Waals surface area contributed by atoms with Crippen LogP contribution in [0.4, 0.5) is 0 Å². The zero-order valence-corrected chi connectivity index (χ0v) is 15.5. The van der Waals surface area contributed by atoms with Crippen molar-refractivity contribution in [2.45, 2.75) is 18.9 Å². The van der Waals surface area contributed by atoms with Crippen molar-refractivity contribution in [3.8, 4) is 17.0 Å². The van der Waals surface area contributed by atoms with E-state index in [0.717, 1.165) is 47.8 Å². The third kappa shape index (κ3) is 2.99. The number of carbonyl (C=O) groups excluding carboxylic acids is 1. The predicted molar refractivity (Wildman–Crippen MR) is 108 cm³/mol. The van der Waals surface area contributed by atoms with Crippen LogP contribution in [0.25, 0.3) is 17.3 Å². The number of benzene rings is 2. The van der Waals surface area contributed by atoms with Crippen molar-refractivity contribution < 1.29 is 9.53 Å². The molecular formula is C23H21N3O2. The Balaban J connectivity index is 1.40. The van der Waals surface area contributed by atoms with Gasteiger partial charge in [0.1, 0.15) is 18.2 Å². The number of likely N-dealkylation sites (tertiary alicyclic amines) is 1. The van der Waals surface area contributed by atoms with Gasteiger partial charge in [0.25, 0.3) is 5.91 Å². The number of imidazole rings is 1. The van der Waals surface area contributed by atoms with Gasteiger partial charge in [-0.3, -0.25) is 4.79 Å².